The van der Waals surface area contributed by atoms with Crippen LogP contribution in [0.1, 0.15) is 88.9 Å². The Labute approximate surface area is 388 Å². The van der Waals surface area contributed by atoms with Crippen LogP contribution in [-0.2, 0) is 0 Å². The molecule has 0 N–H and O–H groups in total. The van der Waals surface area contributed by atoms with Gasteiger partial charge in [0.25, 0.3) is 0 Å². The third-order valence-corrected chi connectivity index (χ3v) is 16.7. The van der Waals surface area contributed by atoms with E-state index in [-0.39, 0.29) is 0 Å². The molecule has 0 spiro atoms. The Kier molecular flexibility index (Phi) is 19.6. The average molecular weight is 1040 g/mol. The van der Waals surface area contributed by atoms with E-state index in [0.29, 0.717) is 5.78 Å². The molecule has 70 heavy (non-hydrogen) atoms. The second-order valence-electron chi connectivity index (χ2n) is 16.4. The van der Waals surface area contributed by atoms with Crippen molar-refractivity contribution in [2.24, 2.45) is 0 Å². The number of carbonyl (C=O) groups is 1. The summed E-state index contributed by atoms with van der Waals surface area (Å²) in [6.45, 7) is 6.84. The molecule has 0 unspecified atom stereocenters. The van der Waals surface area contributed by atoms with Crippen LogP contribution in [0.5, 0.6) is 0 Å². The van der Waals surface area contributed by atoms with Gasteiger partial charge in [-0.3, -0.25) is 4.79 Å². The zero-order valence-electron chi connectivity index (χ0n) is 37.1. The molecule has 0 fully saturated rings. The van der Waals surface area contributed by atoms with Gasteiger partial charge in [0, 0.05) is 12.8 Å². The van der Waals surface area contributed by atoms with Crippen molar-refractivity contribution in [2.75, 3.05) is 24.6 Å². The SMILES string of the molecule is CCCCC[P+](CCCCC)(CCCCC)CC(=O)c1ccccc1.Fc1c(F)c(F)c([B-](c2c(F)c(F)c(F)c(F)c2F)(c2c(F)c(F)c(F)c(F)c2F)c2c(F)c(F)c(F)c(F)c2F)c(F)c1F. The number of halogens is 20. The summed E-state index contributed by atoms with van der Waals surface area (Å²) >= 11 is 0. The van der Waals surface area contributed by atoms with Gasteiger partial charge in [0.2, 0.25) is 0 Å². The van der Waals surface area contributed by atoms with E-state index >= 15 is 35.1 Å². The molecule has 0 aliphatic rings. The van der Waals surface area contributed by atoms with Gasteiger partial charge in [-0.1, -0.05) is 89.6 Å². The van der Waals surface area contributed by atoms with E-state index < -0.39 is 152 Å². The predicted molar refractivity (Wildman–Crippen MR) is 225 cm³/mol. The van der Waals surface area contributed by atoms with Crippen molar-refractivity contribution in [1.29, 1.82) is 0 Å². The topological polar surface area (TPSA) is 17.1 Å². The molecule has 23 heteroatoms. The first-order valence-corrected chi connectivity index (χ1v) is 24.1. The van der Waals surface area contributed by atoms with Gasteiger partial charge in [-0.15, -0.1) is 21.9 Å². The highest BCUT2D eigenvalue weighted by atomic mass is 31.2. The van der Waals surface area contributed by atoms with Gasteiger partial charge < -0.3 is 0 Å². The maximum atomic E-state index is 15.4. The first-order chi connectivity index (χ1) is 32.9. The van der Waals surface area contributed by atoms with Gasteiger partial charge in [-0.05, 0) is 19.3 Å². The lowest BCUT2D eigenvalue weighted by molar-refractivity contribution is 0.102. The van der Waals surface area contributed by atoms with Crippen LogP contribution in [0.15, 0.2) is 30.3 Å². The largest absolute Gasteiger partial charge is 0.290 e. The van der Waals surface area contributed by atoms with Gasteiger partial charge in [0.1, 0.15) is 58.8 Å². The van der Waals surface area contributed by atoms with Crippen molar-refractivity contribution >= 4 is 41.0 Å². The van der Waals surface area contributed by atoms with E-state index in [9.17, 15) is 57.5 Å². The first kappa shape index (κ1) is 57.4. The number of ketones is 1. The Morgan fingerprint density at radius 3 is 0.771 bits per heavy atom. The van der Waals surface area contributed by atoms with E-state index in [1.165, 1.54) is 76.3 Å². The van der Waals surface area contributed by atoms with Crippen LogP contribution >= 0.6 is 7.26 Å². The fourth-order valence-electron chi connectivity index (χ4n) is 8.56. The maximum Gasteiger partial charge on any atom is 0.200 e. The smallest absolute Gasteiger partial charge is 0.200 e. The number of hydrogen-bond acceptors (Lipinski definition) is 1. The molecule has 0 radical (unpaired) electrons. The Hall–Kier alpha value is -5.14. The van der Waals surface area contributed by atoms with Crippen molar-refractivity contribution in [2.45, 2.75) is 78.6 Å². The molecular weight excluding hydrogens is 1000 g/mol. The minimum atomic E-state index is -7.22. The molecule has 382 valence electrons. The highest BCUT2D eigenvalue weighted by molar-refractivity contribution is 7.76. The lowest BCUT2D eigenvalue weighted by Crippen LogP contribution is -2.81. The molecule has 0 aliphatic carbocycles. The summed E-state index contributed by atoms with van der Waals surface area (Å²) in [4.78, 5) is 13.0. The minimum absolute atomic E-state index is 0.401. The normalized spacial score (nSPS) is 11.9. The molecule has 5 aromatic rings. The monoisotopic (exact) mass is 1040 g/mol. The number of Topliss-reactive ketones (excluding diaryl/α,β-unsaturated/α-hetero) is 1. The molecule has 0 aromatic heterocycles. The minimum Gasteiger partial charge on any atom is -0.290 e. The van der Waals surface area contributed by atoms with E-state index in [2.05, 4.69) is 20.8 Å². The second-order valence-corrected chi connectivity index (χ2v) is 20.7. The summed E-state index contributed by atoms with van der Waals surface area (Å²) in [6, 6.07) is 10.0. The molecule has 0 aliphatic heterocycles. The highest BCUT2D eigenvalue weighted by Crippen LogP contribution is 2.61. The third-order valence-electron chi connectivity index (χ3n) is 12.0. The average Bonchev–Trinajstić information content (AvgIpc) is 3.34. The number of rotatable bonds is 19. The summed E-state index contributed by atoms with van der Waals surface area (Å²) in [5, 5.41) is 0. The molecule has 0 saturated carbocycles. The molecular formula is C47H40BF20OP. The quantitative estimate of drug-likeness (QED) is 0.0153. The van der Waals surface area contributed by atoms with Gasteiger partial charge >= 0.3 is 0 Å². The summed E-state index contributed by atoms with van der Waals surface area (Å²) < 4.78 is 294. The van der Waals surface area contributed by atoms with E-state index in [4.69, 9.17) is 0 Å². The van der Waals surface area contributed by atoms with E-state index in [0.717, 1.165) is 11.7 Å². The van der Waals surface area contributed by atoms with Crippen LogP contribution in [0.2, 0.25) is 0 Å². The fourth-order valence-corrected chi connectivity index (χ4v) is 13.2. The van der Waals surface area contributed by atoms with Gasteiger partial charge in [-0.2, -0.15) is 0 Å². The highest BCUT2D eigenvalue weighted by Gasteiger charge is 2.52. The lowest BCUT2D eigenvalue weighted by atomic mass is 9.12. The molecule has 5 aromatic carbocycles. The maximum absolute atomic E-state index is 15.4. The fraction of sp³-hybridized carbons (Fsp3) is 0.340. The van der Waals surface area contributed by atoms with Crippen LogP contribution in [0.4, 0.5) is 87.8 Å². The first-order valence-electron chi connectivity index (χ1n) is 21.5. The third kappa shape index (κ3) is 10.7. The van der Waals surface area contributed by atoms with Gasteiger partial charge in [0.15, 0.2) is 75.6 Å². The summed E-state index contributed by atoms with van der Waals surface area (Å²) in [5.41, 5.74) is -13.4. The molecule has 0 atom stereocenters. The number of hydrogen-bond donors (Lipinski definition) is 0. The lowest BCUT2D eigenvalue weighted by Gasteiger charge is -2.44. The van der Waals surface area contributed by atoms with Crippen molar-refractivity contribution in [3.05, 3.63) is 152 Å². The molecule has 0 amide bonds. The molecule has 5 rings (SSSR count). The van der Waals surface area contributed by atoms with Crippen LogP contribution in [0, 0.1) is 116 Å². The van der Waals surface area contributed by atoms with Gasteiger partial charge in [0.05, 0.1) is 18.5 Å². The summed E-state index contributed by atoms with van der Waals surface area (Å²) in [5.74, 6) is -71.0. The van der Waals surface area contributed by atoms with Crippen LogP contribution in [-0.4, -0.2) is 36.6 Å². The van der Waals surface area contributed by atoms with Crippen molar-refractivity contribution in [1.82, 2.24) is 0 Å². The Bertz CT molecular complexity index is 2310. The Balaban J connectivity index is 0.000000361. The zero-order chi connectivity index (χ0) is 52.7. The number of benzene rings is 5. The van der Waals surface area contributed by atoms with Crippen molar-refractivity contribution < 1.29 is 92.6 Å². The van der Waals surface area contributed by atoms with Crippen LogP contribution in [0.3, 0.4) is 0 Å². The molecule has 0 saturated heterocycles. The zero-order valence-corrected chi connectivity index (χ0v) is 38.0. The standard InChI is InChI=1S/C24BF20.C23H40OP/c26-5-1(6(27)14(35)21(42)13(5)34)25(2-7(28)15(36)22(43)16(37)8(2)29,3-9(30)17(38)23(44)18(39)10(3)31)4-11(32)19(40)24(45)20(41)12(4)33;1-4-7-13-18-25(19-14-8-5-2,20-15-9-6-3)21-23(24)22-16-11-10-12-17-22/h;10-12,16-17H,4-9,13-15,18-21H2,1-3H3/q-1;+1. The van der Waals surface area contributed by atoms with E-state index in [1.807, 2.05) is 30.3 Å². The molecule has 1 nitrogen and oxygen atoms in total. The number of carbonyl (C=O) groups excluding carboxylic acids is 1. The predicted octanol–water partition coefficient (Wildman–Crippen LogP) is 13.3. The Morgan fingerprint density at radius 2 is 0.557 bits per heavy atom. The number of unbranched alkanes of at least 4 members (excludes halogenated alkanes) is 6. The van der Waals surface area contributed by atoms with Gasteiger partial charge in [-0.25, -0.2) is 87.8 Å². The van der Waals surface area contributed by atoms with E-state index in [1.54, 1.807) is 0 Å². The second kappa shape index (κ2) is 23.9. The summed E-state index contributed by atoms with van der Waals surface area (Å²) in [6.07, 6.45) is 9.42. The Morgan fingerprint density at radius 1 is 0.343 bits per heavy atom. The molecule has 0 bridgehead atoms. The van der Waals surface area contributed by atoms with Crippen molar-refractivity contribution in [3.63, 3.8) is 0 Å². The van der Waals surface area contributed by atoms with Crippen LogP contribution < -0.4 is 21.9 Å². The van der Waals surface area contributed by atoms with Crippen molar-refractivity contribution in [3.8, 4) is 0 Å². The molecule has 0 heterocycles. The summed E-state index contributed by atoms with van der Waals surface area (Å²) in [7, 11) is -1.16. The van der Waals surface area contributed by atoms with Crippen LogP contribution in [0.25, 0.3) is 0 Å².